The molecule has 1 aromatic carbocycles. The van der Waals surface area contributed by atoms with Gasteiger partial charge in [-0.2, -0.15) is 0 Å². The molecule has 0 spiro atoms. The minimum atomic E-state index is -1.33. The van der Waals surface area contributed by atoms with Gasteiger partial charge in [0.2, 0.25) is 0 Å². The van der Waals surface area contributed by atoms with E-state index in [9.17, 15) is 19.5 Å². The van der Waals surface area contributed by atoms with E-state index in [0.29, 0.717) is 51.6 Å². The minimum absolute atomic E-state index is 0.0516. The lowest BCUT2D eigenvalue weighted by Gasteiger charge is -2.31. The quantitative estimate of drug-likeness (QED) is 0.277. The molecule has 244 valence electrons. The molecule has 2 aliphatic heterocycles. The molecule has 3 aromatic heterocycles. The lowest BCUT2D eigenvalue weighted by Crippen LogP contribution is -2.35. The molecule has 1 N–H and O–H groups in total. The van der Waals surface area contributed by atoms with Crippen molar-refractivity contribution in [1.82, 2.24) is 14.3 Å². The molecule has 1 aliphatic carbocycles. The summed E-state index contributed by atoms with van der Waals surface area (Å²) < 4.78 is 38.5. The van der Waals surface area contributed by atoms with Crippen LogP contribution in [-0.2, 0) is 11.2 Å². The van der Waals surface area contributed by atoms with Crippen molar-refractivity contribution in [2.75, 3.05) is 43.5 Å². The number of ether oxygens (including phenoxy) is 1. The van der Waals surface area contributed by atoms with Crippen LogP contribution in [0, 0.1) is 17.6 Å². The Hall–Kier alpha value is -4.84. The van der Waals surface area contributed by atoms with Crippen LogP contribution in [0.2, 0.25) is 0 Å². The summed E-state index contributed by atoms with van der Waals surface area (Å²) in [7, 11) is 3.54. The molecule has 47 heavy (non-hydrogen) atoms. The summed E-state index contributed by atoms with van der Waals surface area (Å²) in [5, 5.41) is 9.57. The number of rotatable bonds is 4. The van der Waals surface area contributed by atoms with Gasteiger partial charge in [-0.15, -0.1) is 0 Å². The van der Waals surface area contributed by atoms with Gasteiger partial charge in [0, 0.05) is 85.4 Å². The van der Waals surface area contributed by atoms with Crippen LogP contribution in [0.5, 0.6) is 0 Å². The summed E-state index contributed by atoms with van der Waals surface area (Å²) in [5.41, 5.74) is 2.18. The van der Waals surface area contributed by atoms with E-state index >= 15 is 8.78 Å². The molecular formula is C35H35F2N5O5. The summed E-state index contributed by atoms with van der Waals surface area (Å²) in [4.78, 5) is 48.5. The number of hydrogen-bond donors (Lipinski definition) is 1. The van der Waals surface area contributed by atoms with Gasteiger partial charge < -0.3 is 19.6 Å². The van der Waals surface area contributed by atoms with Crippen LogP contribution in [0.1, 0.15) is 48.8 Å². The lowest BCUT2D eigenvalue weighted by molar-refractivity contribution is 0.0588. The Kier molecular flexibility index (Phi) is 7.12. The minimum Gasteiger partial charge on any atom is -0.477 e. The molecule has 7 rings (SSSR count). The molecule has 0 saturated carbocycles. The fourth-order valence-electron chi connectivity index (χ4n) is 7.40. The molecule has 12 heteroatoms. The number of halogens is 2. The average molecular weight is 644 g/mol. The number of nitrogens with zero attached hydrogens (tertiary/aromatic N) is 5. The first-order valence-corrected chi connectivity index (χ1v) is 15.6. The number of carboxylic acids is 1. The van der Waals surface area contributed by atoms with Gasteiger partial charge in [-0.05, 0) is 63.9 Å². The summed E-state index contributed by atoms with van der Waals surface area (Å²) in [5.74, 6) is -3.08. The predicted molar refractivity (Wildman–Crippen MR) is 173 cm³/mol. The van der Waals surface area contributed by atoms with Crippen molar-refractivity contribution in [3.63, 3.8) is 0 Å². The van der Waals surface area contributed by atoms with Gasteiger partial charge in [-0.25, -0.2) is 18.4 Å². The van der Waals surface area contributed by atoms with Crippen molar-refractivity contribution >= 4 is 29.0 Å². The molecule has 3 aliphatic rings. The van der Waals surface area contributed by atoms with Gasteiger partial charge in [-0.3, -0.25) is 19.1 Å². The van der Waals surface area contributed by atoms with Crippen molar-refractivity contribution in [2.24, 2.45) is 5.92 Å². The number of fused-ring (bicyclic) bond motifs is 5. The van der Waals surface area contributed by atoms with E-state index in [1.54, 1.807) is 45.3 Å². The number of aromatic carboxylic acids is 1. The molecule has 1 amide bonds. The van der Waals surface area contributed by atoms with Crippen LogP contribution >= 0.6 is 0 Å². The van der Waals surface area contributed by atoms with Gasteiger partial charge in [0.05, 0.1) is 17.1 Å². The molecule has 2 atom stereocenters. The molecule has 0 radical (unpaired) electrons. The summed E-state index contributed by atoms with van der Waals surface area (Å²) in [6, 6.07) is 7.51. The van der Waals surface area contributed by atoms with E-state index in [1.165, 1.54) is 22.4 Å². The maximum atomic E-state index is 16.1. The van der Waals surface area contributed by atoms with Gasteiger partial charge in [-0.1, -0.05) is 6.07 Å². The number of amides is 1. The van der Waals surface area contributed by atoms with E-state index in [4.69, 9.17) is 9.72 Å². The Morgan fingerprint density at radius 1 is 1.11 bits per heavy atom. The Bertz CT molecular complexity index is 2060. The van der Waals surface area contributed by atoms with Crippen molar-refractivity contribution < 1.29 is 28.2 Å². The highest BCUT2D eigenvalue weighted by molar-refractivity contribution is 5.99. The lowest BCUT2D eigenvalue weighted by atomic mass is 9.96. The molecule has 0 unspecified atom stereocenters. The molecule has 2 saturated heterocycles. The topological polar surface area (TPSA) is 108 Å². The second-order valence-electron chi connectivity index (χ2n) is 13.7. The molecule has 4 aromatic rings. The third-order valence-corrected chi connectivity index (χ3v) is 9.47. The van der Waals surface area contributed by atoms with E-state index < -0.39 is 34.9 Å². The first-order chi connectivity index (χ1) is 22.2. The fourth-order valence-corrected chi connectivity index (χ4v) is 7.40. The Morgan fingerprint density at radius 3 is 2.57 bits per heavy atom. The standard InChI is InChI=1S/C35H35F2N5O5/c1-35(2,3)47-34(46)40(5)26-13-24(36)30(37)28-22(26)12-25-29(28)31(41-11-10-19-15-39(4)17-27(19)41)23(14-38-25)18-6-7-20-8-9-21(33(44)45)32(43)42(20)16-18/h6-9,13-14,16,19,27H,10-12,15,17H2,1-5H3,(H,44,45)/t19-,27+/m0/s1. The maximum Gasteiger partial charge on any atom is 0.414 e. The number of likely N-dealkylation sites (tertiary alicyclic amines) is 1. The van der Waals surface area contributed by atoms with Crippen molar-refractivity contribution in [2.45, 2.75) is 45.3 Å². The van der Waals surface area contributed by atoms with Crippen molar-refractivity contribution in [3.05, 3.63) is 81.5 Å². The SMILES string of the molecule is CN1C[C@@H]2CCN(c3c(-c4ccc5ccc(C(=O)O)c(=O)n5c4)cnc4c3-c3c(F)c(F)cc(N(C)C(=O)OC(C)(C)C)c3C4)[C@@H]2C1. The van der Waals surface area contributed by atoms with Crippen LogP contribution < -0.4 is 15.4 Å². The number of aromatic nitrogens is 2. The van der Waals surface area contributed by atoms with Crippen LogP contribution in [0.4, 0.5) is 25.0 Å². The van der Waals surface area contributed by atoms with Crippen molar-refractivity contribution in [1.29, 1.82) is 0 Å². The number of anilines is 2. The zero-order chi connectivity index (χ0) is 33.5. The monoisotopic (exact) mass is 643 g/mol. The maximum absolute atomic E-state index is 16.1. The molecule has 0 bridgehead atoms. The Labute approximate surface area is 269 Å². The third kappa shape index (κ3) is 5.02. The highest BCUT2D eigenvalue weighted by Gasteiger charge is 2.44. The van der Waals surface area contributed by atoms with Crippen LogP contribution in [-0.4, -0.2) is 76.8 Å². The first-order valence-electron chi connectivity index (χ1n) is 15.6. The van der Waals surface area contributed by atoms with E-state index in [2.05, 4.69) is 16.8 Å². The van der Waals surface area contributed by atoms with Crippen LogP contribution in [0.3, 0.4) is 0 Å². The number of benzene rings is 1. The highest BCUT2D eigenvalue weighted by Crippen LogP contribution is 2.52. The normalized spacial score (nSPS) is 18.7. The molecular weight excluding hydrogens is 608 g/mol. The zero-order valence-corrected chi connectivity index (χ0v) is 26.8. The fraction of sp³-hybridized carbons (Fsp3) is 0.371. The summed E-state index contributed by atoms with van der Waals surface area (Å²) in [6.07, 6.45) is 3.64. The highest BCUT2D eigenvalue weighted by atomic mass is 19.2. The third-order valence-electron chi connectivity index (χ3n) is 9.47. The first kappa shape index (κ1) is 30.8. The van der Waals surface area contributed by atoms with E-state index in [-0.39, 0.29) is 29.3 Å². The van der Waals surface area contributed by atoms with Crippen LogP contribution in [0.15, 0.2) is 47.5 Å². The zero-order valence-electron chi connectivity index (χ0n) is 26.8. The van der Waals surface area contributed by atoms with E-state index in [1.807, 2.05) is 6.07 Å². The average Bonchev–Trinajstić information content (AvgIpc) is 3.69. The van der Waals surface area contributed by atoms with Crippen molar-refractivity contribution in [3.8, 4) is 22.3 Å². The number of hydrogen-bond acceptors (Lipinski definition) is 7. The molecule has 2 fully saturated rings. The molecule has 10 nitrogen and oxygen atoms in total. The largest absolute Gasteiger partial charge is 0.477 e. The number of carboxylic acid groups (broad SMARTS) is 1. The number of likely N-dealkylation sites (N-methyl/N-ethyl adjacent to an activating group) is 1. The van der Waals surface area contributed by atoms with Gasteiger partial charge >= 0.3 is 12.1 Å². The number of pyridine rings is 3. The Morgan fingerprint density at radius 2 is 1.85 bits per heavy atom. The predicted octanol–water partition coefficient (Wildman–Crippen LogP) is 5.42. The Balaban J connectivity index is 1.47. The van der Waals surface area contributed by atoms with E-state index in [0.717, 1.165) is 25.6 Å². The van der Waals surface area contributed by atoms with Gasteiger partial charge in [0.1, 0.15) is 11.2 Å². The van der Waals surface area contributed by atoms with Gasteiger partial charge in [0.15, 0.2) is 11.6 Å². The summed E-state index contributed by atoms with van der Waals surface area (Å²) in [6.45, 7) is 7.57. The number of carbonyl (C=O) groups excluding carboxylic acids is 1. The number of carbonyl (C=O) groups is 2. The second kappa shape index (κ2) is 10.9. The van der Waals surface area contributed by atoms with Gasteiger partial charge in [0.25, 0.3) is 5.56 Å². The second-order valence-corrected chi connectivity index (χ2v) is 13.7. The van der Waals surface area contributed by atoms with Crippen LogP contribution in [0.25, 0.3) is 27.8 Å². The molecule has 5 heterocycles. The summed E-state index contributed by atoms with van der Waals surface area (Å²) >= 11 is 0. The smallest absolute Gasteiger partial charge is 0.414 e.